The van der Waals surface area contributed by atoms with E-state index in [1.165, 1.54) is 11.3 Å². The molecule has 102 valence electrons. The van der Waals surface area contributed by atoms with Gasteiger partial charge in [-0.1, -0.05) is 11.3 Å². The summed E-state index contributed by atoms with van der Waals surface area (Å²) in [6, 6.07) is 0. The van der Waals surface area contributed by atoms with Crippen LogP contribution in [0.2, 0.25) is 0 Å². The van der Waals surface area contributed by atoms with Crippen LogP contribution in [0.5, 0.6) is 0 Å². The fourth-order valence-electron chi connectivity index (χ4n) is 1.14. The van der Waals surface area contributed by atoms with Crippen LogP contribution in [-0.4, -0.2) is 49.0 Å². The lowest BCUT2D eigenvalue weighted by Gasteiger charge is -2.32. The third kappa shape index (κ3) is 3.33. The highest BCUT2D eigenvalue weighted by atomic mass is 32.1. The van der Waals surface area contributed by atoms with Gasteiger partial charge in [-0.15, -0.1) is 0 Å². The second-order valence-electron chi connectivity index (χ2n) is 4.87. The summed E-state index contributed by atoms with van der Waals surface area (Å²) >= 11 is 1.25. The summed E-state index contributed by atoms with van der Waals surface area (Å²) in [6.07, 6.45) is 0. The van der Waals surface area contributed by atoms with Crippen LogP contribution in [-0.2, 0) is 0 Å². The summed E-state index contributed by atoms with van der Waals surface area (Å²) in [4.78, 5) is 18.6. The van der Waals surface area contributed by atoms with Crippen molar-refractivity contribution >= 4 is 28.2 Å². The van der Waals surface area contributed by atoms with Crippen LogP contribution in [0, 0.1) is 0 Å². The first-order valence-corrected chi connectivity index (χ1v) is 6.49. The van der Waals surface area contributed by atoms with Crippen molar-refractivity contribution in [1.82, 2.24) is 15.2 Å². The molecule has 0 aromatic carbocycles. The second-order valence-corrected chi connectivity index (χ2v) is 5.87. The van der Waals surface area contributed by atoms with Crippen LogP contribution in [0.15, 0.2) is 0 Å². The number of nitrogen functional groups attached to an aromatic ring is 1. The lowest BCUT2D eigenvalue weighted by atomic mass is 10.0. The molecule has 0 saturated heterocycles. The van der Waals surface area contributed by atoms with Crippen molar-refractivity contribution in [3.8, 4) is 0 Å². The van der Waals surface area contributed by atoms with Gasteiger partial charge in [-0.25, -0.2) is 4.98 Å². The molecule has 0 fully saturated rings. The van der Waals surface area contributed by atoms with E-state index in [0.717, 1.165) is 0 Å². The standard InChI is InChI=1S/C11H21N5OS/c1-11(2,16(4)5)6-14-9(17)7-8(12)15-10(13-3)18-7/h6,12H2,1-5H3,(H,13,15)(H,14,17). The maximum Gasteiger partial charge on any atom is 0.265 e. The van der Waals surface area contributed by atoms with E-state index in [2.05, 4.69) is 34.4 Å². The van der Waals surface area contributed by atoms with Gasteiger partial charge >= 0.3 is 0 Å². The highest BCUT2D eigenvalue weighted by molar-refractivity contribution is 7.18. The molecule has 0 radical (unpaired) electrons. The fraction of sp³-hybridized carbons (Fsp3) is 0.636. The van der Waals surface area contributed by atoms with Gasteiger partial charge in [0.15, 0.2) is 5.13 Å². The molecule has 0 aliphatic rings. The predicted octanol–water partition coefficient (Wildman–Crippen LogP) is 0.837. The molecule has 0 spiro atoms. The molecule has 1 heterocycles. The normalized spacial score (nSPS) is 11.7. The monoisotopic (exact) mass is 271 g/mol. The SMILES string of the molecule is CNc1nc(N)c(C(=O)NCC(C)(C)N(C)C)s1. The van der Waals surface area contributed by atoms with Crippen LogP contribution in [0.1, 0.15) is 23.5 Å². The van der Waals surface area contributed by atoms with Crippen LogP contribution in [0.3, 0.4) is 0 Å². The van der Waals surface area contributed by atoms with Gasteiger partial charge in [-0.2, -0.15) is 0 Å². The number of carbonyl (C=O) groups excluding carboxylic acids is 1. The summed E-state index contributed by atoms with van der Waals surface area (Å²) in [5.74, 6) is 0.0888. The van der Waals surface area contributed by atoms with E-state index in [-0.39, 0.29) is 17.3 Å². The van der Waals surface area contributed by atoms with Gasteiger partial charge in [0.1, 0.15) is 10.7 Å². The van der Waals surface area contributed by atoms with Crippen molar-refractivity contribution in [2.45, 2.75) is 19.4 Å². The fourth-order valence-corrected chi connectivity index (χ4v) is 1.89. The van der Waals surface area contributed by atoms with Gasteiger partial charge in [-0.05, 0) is 27.9 Å². The van der Waals surface area contributed by atoms with Gasteiger partial charge in [0.2, 0.25) is 0 Å². The Kier molecular flexibility index (Phi) is 4.53. The summed E-state index contributed by atoms with van der Waals surface area (Å²) in [6.45, 7) is 4.66. The van der Waals surface area contributed by atoms with Crippen LogP contribution in [0.4, 0.5) is 10.9 Å². The summed E-state index contributed by atoms with van der Waals surface area (Å²) in [7, 11) is 5.70. The number of nitrogens with two attached hydrogens (primary N) is 1. The molecule has 1 amide bonds. The van der Waals surface area contributed by atoms with Gasteiger partial charge in [0, 0.05) is 19.1 Å². The molecule has 4 N–H and O–H groups in total. The Morgan fingerprint density at radius 3 is 2.56 bits per heavy atom. The van der Waals surface area contributed by atoms with E-state index in [1.807, 2.05) is 14.1 Å². The first-order chi connectivity index (χ1) is 8.27. The zero-order valence-corrected chi connectivity index (χ0v) is 12.3. The van der Waals surface area contributed by atoms with Crippen molar-refractivity contribution < 1.29 is 4.79 Å². The summed E-state index contributed by atoms with van der Waals surface area (Å²) < 4.78 is 0. The number of thiazole rings is 1. The Morgan fingerprint density at radius 2 is 2.11 bits per heavy atom. The van der Waals surface area contributed by atoms with E-state index in [4.69, 9.17) is 5.73 Å². The number of nitrogens with zero attached hydrogens (tertiary/aromatic N) is 2. The summed E-state index contributed by atoms with van der Waals surface area (Å²) in [5.41, 5.74) is 5.59. The molecule has 0 atom stereocenters. The number of amides is 1. The largest absolute Gasteiger partial charge is 0.382 e. The predicted molar refractivity (Wildman–Crippen MR) is 76.2 cm³/mol. The van der Waals surface area contributed by atoms with Crippen molar-refractivity contribution in [3.05, 3.63) is 4.88 Å². The van der Waals surface area contributed by atoms with Gasteiger partial charge in [0.05, 0.1) is 0 Å². The summed E-state index contributed by atoms with van der Waals surface area (Å²) in [5, 5.41) is 6.40. The minimum Gasteiger partial charge on any atom is -0.382 e. The maximum atomic E-state index is 12.0. The Morgan fingerprint density at radius 1 is 1.50 bits per heavy atom. The maximum absolute atomic E-state index is 12.0. The van der Waals surface area contributed by atoms with Gasteiger partial charge in [0.25, 0.3) is 5.91 Å². The highest BCUT2D eigenvalue weighted by Gasteiger charge is 2.23. The second kappa shape index (κ2) is 5.53. The number of rotatable bonds is 5. The number of anilines is 2. The van der Waals surface area contributed by atoms with E-state index in [0.29, 0.717) is 16.6 Å². The lowest BCUT2D eigenvalue weighted by molar-refractivity contribution is 0.0924. The number of hydrogen-bond acceptors (Lipinski definition) is 6. The Bertz CT molecular complexity index is 427. The molecular formula is C11H21N5OS. The quantitative estimate of drug-likeness (QED) is 0.739. The lowest BCUT2D eigenvalue weighted by Crippen LogP contribution is -2.48. The van der Waals surface area contributed by atoms with Crippen LogP contribution < -0.4 is 16.4 Å². The molecule has 1 rings (SSSR count). The van der Waals surface area contributed by atoms with E-state index >= 15 is 0 Å². The molecule has 1 aromatic rings. The zero-order valence-electron chi connectivity index (χ0n) is 11.5. The molecule has 7 heteroatoms. The van der Waals surface area contributed by atoms with Crippen LogP contribution >= 0.6 is 11.3 Å². The smallest absolute Gasteiger partial charge is 0.265 e. The number of aromatic nitrogens is 1. The number of hydrogen-bond donors (Lipinski definition) is 3. The van der Waals surface area contributed by atoms with Crippen molar-refractivity contribution in [1.29, 1.82) is 0 Å². The van der Waals surface area contributed by atoms with Crippen molar-refractivity contribution in [2.75, 3.05) is 38.7 Å². The van der Waals surface area contributed by atoms with Crippen molar-refractivity contribution in [3.63, 3.8) is 0 Å². The Labute approximate surface area is 112 Å². The average molecular weight is 271 g/mol. The first-order valence-electron chi connectivity index (χ1n) is 5.67. The molecule has 1 aromatic heterocycles. The Hall–Kier alpha value is -1.34. The van der Waals surface area contributed by atoms with Crippen LogP contribution in [0.25, 0.3) is 0 Å². The van der Waals surface area contributed by atoms with Gasteiger partial charge in [-0.3, -0.25) is 4.79 Å². The van der Waals surface area contributed by atoms with Crippen molar-refractivity contribution in [2.24, 2.45) is 0 Å². The Balaban J connectivity index is 2.68. The number of likely N-dealkylation sites (N-methyl/N-ethyl adjacent to an activating group) is 1. The number of carbonyl (C=O) groups is 1. The minimum absolute atomic E-state index is 0.110. The molecule has 0 bridgehead atoms. The molecule has 0 aliphatic heterocycles. The highest BCUT2D eigenvalue weighted by Crippen LogP contribution is 2.24. The molecule has 0 saturated carbocycles. The molecule has 6 nitrogen and oxygen atoms in total. The zero-order chi connectivity index (χ0) is 13.9. The number of nitrogens with one attached hydrogen (secondary N) is 2. The molecule has 18 heavy (non-hydrogen) atoms. The average Bonchev–Trinajstić information content (AvgIpc) is 2.67. The third-order valence-electron chi connectivity index (χ3n) is 2.97. The van der Waals surface area contributed by atoms with E-state index in [1.54, 1.807) is 7.05 Å². The molecule has 0 unspecified atom stereocenters. The first kappa shape index (κ1) is 14.7. The van der Waals surface area contributed by atoms with E-state index < -0.39 is 0 Å². The van der Waals surface area contributed by atoms with Gasteiger partial charge < -0.3 is 21.3 Å². The minimum atomic E-state index is -0.179. The third-order valence-corrected chi connectivity index (χ3v) is 4.05. The molecular weight excluding hydrogens is 250 g/mol. The topological polar surface area (TPSA) is 83.3 Å². The molecule has 0 aliphatic carbocycles. The van der Waals surface area contributed by atoms with E-state index in [9.17, 15) is 4.79 Å².